The number of aryl methyl sites for hydroxylation is 1. The molecule has 0 saturated heterocycles. The number of nitrogens with one attached hydrogen (secondary N) is 1. The fourth-order valence-electron chi connectivity index (χ4n) is 1.87. The molecule has 0 aliphatic heterocycles. The first-order valence-electron chi connectivity index (χ1n) is 6.30. The normalized spacial score (nSPS) is 10.9. The minimum absolute atomic E-state index is 0.298. The summed E-state index contributed by atoms with van der Waals surface area (Å²) in [5, 5.41) is 12.0. The van der Waals surface area contributed by atoms with Crippen molar-refractivity contribution in [2.24, 2.45) is 0 Å². The molecular weight excluding hydrogens is 286 g/mol. The minimum Gasteiger partial charge on any atom is -0.366 e. The molecule has 108 valence electrons. The maximum atomic E-state index is 11.4. The van der Waals surface area contributed by atoms with Crippen LogP contribution in [0.25, 0.3) is 0 Å². The molecule has 0 radical (unpaired) electrons. The first-order valence-corrected chi connectivity index (χ1v) is 8.19. The summed E-state index contributed by atoms with van der Waals surface area (Å²) in [5.41, 5.74) is 2.26. The van der Waals surface area contributed by atoms with Crippen LogP contribution in [0.15, 0.2) is 41.3 Å². The van der Waals surface area contributed by atoms with Gasteiger partial charge < -0.3 is 5.32 Å². The molecule has 0 aliphatic rings. The summed E-state index contributed by atoms with van der Waals surface area (Å²) in [4.78, 5) is 4.59. The number of aromatic nitrogens is 1. The van der Waals surface area contributed by atoms with E-state index in [1.54, 1.807) is 36.4 Å². The molecule has 0 atom stereocenters. The molecule has 2 rings (SSSR count). The Balaban J connectivity index is 2.10. The van der Waals surface area contributed by atoms with Crippen molar-refractivity contribution in [3.8, 4) is 6.07 Å². The first kappa shape index (κ1) is 15.0. The highest BCUT2D eigenvalue weighted by Gasteiger charge is 2.06. The molecule has 0 unspecified atom stereocenters. The molecule has 1 aromatic carbocycles. The molecule has 0 bridgehead atoms. The van der Waals surface area contributed by atoms with E-state index in [-0.39, 0.29) is 0 Å². The van der Waals surface area contributed by atoms with Crippen molar-refractivity contribution >= 4 is 15.7 Å². The van der Waals surface area contributed by atoms with Crippen LogP contribution in [-0.4, -0.2) is 19.7 Å². The summed E-state index contributed by atoms with van der Waals surface area (Å²) in [6.07, 6.45) is 1.18. The second-order valence-electron chi connectivity index (χ2n) is 4.76. The van der Waals surface area contributed by atoms with Gasteiger partial charge in [0.25, 0.3) is 0 Å². The second-order valence-corrected chi connectivity index (χ2v) is 6.78. The van der Waals surface area contributed by atoms with E-state index in [0.29, 0.717) is 22.8 Å². The van der Waals surface area contributed by atoms with Crippen LogP contribution in [0.1, 0.15) is 16.8 Å². The van der Waals surface area contributed by atoms with Gasteiger partial charge in [-0.2, -0.15) is 5.26 Å². The van der Waals surface area contributed by atoms with Crippen molar-refractivity contribution in [2.75, 3.05) is 11.6 Å². The molecule has 0 amide bonds. The topological polar surface area (TPSA) is 82.9 Å². The van der Waals surface area contributed by atoms with Gasteiger partial charge >= 0.3 is 0 Å². The van der Waals surface area contributed by atoms with Gasteiger partial charge in [0, 0.05) is 18.5 Å². The SMILES string of the molecule is Cc1cc(C#N)cc(NCc2ccc(S(C)(=O)=O)cc2)n1. The molecule has 1 N–H and O–H groups in total. The molecule has 0 saturated carbocycles. The third kappa shape index (κ3) is 4.04. The Morgan fingerprint density at radius 2 is 1.90 bits per heavy atom. The quantitative estimate of drug-likeness (QED) is 0.936. The zero-order valence-corrected chi connectivity index (χ0v) is 12.6. The summed E-state index contributed by atoms with van der Waals surface area (Å²) in [6.45, 7) is 2.33. The number of anilines is 1. The van der Waals surface area contributed by atoms with Crippen LogP contribution in [-0.2, 0) is 16.4 Å². The van der Waals surface area contributed by atoms with Crippen LogP contribution >= 0.6 is 0 Å². The molecule has 5 nitrogen and oxygen atoms in total. The maximum absolute atomic E-state index is 11.4. The molecule has 0 aliphatic carbocycles. The second kappa shape index (κ2) is 5.94. The average molecular weight is 301 g/mol. The zero-order valence-electron chi connectivity index (χ0n) is 11.8. The number of rotatable bonds is 4. The Labute approximate surface area is 124 Å². The van der Waals surface area contributed by atoms with Gasteiger partial charge in [0.2, 0.25) is 0 Å². The molecule has 0 spiro atoms. The van der Waals surface area contributed by atoms with E-state index >= 15 is 0 Å². The van der Waals surface area contributed by atoms with E-state index in [2.05, 4.69) is 16.4 Å². The average Bonchev–Trinajstić information content (AvgIpc) is 2.44. The van der Waals surface area contributed by atoms with Crippen molar-refractivity contribution in [3.05, 3.63) is 53.2 Å². The van der Waals surface area contributed by atoms with Crippen molar-refractivity contribution in [1.82, 2.24) is 4.98 Å². The van der Waals surface area contributed by atoms with Gasteiger partial charge in [-0.15, -0.1) is 0 Å². The largest absolute Gasteiger partial charge is 0.366 e. The van der Waals surface area contributed by atoms with E-state index in [4.69, 9.17) is 5.26 Å². The van der Waals surface area contributed by atoms with Crippen LogP contribution in [0.2, 0.25) is 0 Å². The highest BCUT2D eigenvalue weighted by molar-refractivity contribution is 7.90. The van der Waals surface area contributed by atoms with Crippen molar-refractivity contribution in [3.63, 3.8) is 0 Å². The summed E-state index contributed by atoms with van der Waals surface area (Å²) < 4.78 is 22.8. The first-order chi connectivity index (χ1) is 9.88. The Morgan fingerprint density at radius 1 is 1.24 bits per heavy atom. The van der Waals surface area contributed by atoms with Gasteiger partial charge in [-0.25, -0.2) is 13.4 Å². The molecule has 2 aromatic rings. The number of hydrogen-bond donors (Lipinski definition) is 1. The van der Waals surface area contributed by atoms with Crippen LogP contribution < -0.4 is 5.32 Å². The molecule has 21 heavy (non-hydrogen) atoms. The molecular formula is C15H15N3O2S. The smallest absolute Gasteiger partial charge is 0.175 e. The molecule has 6 heteroatoms. The Hall–Kier alpha value is -2.39. The third-order valence-electron chi connectivity index (χ3n) is 2.91. The Morgan fingerprint density at radius 3 is 2.48 bits per heavy atom. The lowest BCUT2D eigenvalue weighted by molar-refractivity contribution is 0.602. The fourth-order valence-corrected chi connectivity index (χ4v) is 2.50. The van der Waals surface area contributed by atoms with Crippen molar-refractivity contribution < 1.29 is 8.42 Å². The van der Waals surface area contributed by atoms with Crippen LogP contribution in [0.4, 0.5) is 5.82 Å². The predicted octanol–water partition coefficient (Wildman–Crippen LogP) is 2.28. The predicted molar refractivity (Wildman–Crippen MR) is 80.6 cm³/mol. The van der Waals surface area contributed by atoms with E-state index in [0.717, 1.165) is 11.3 Å². The lowest BCUT2D eigenvalue weighted by Crippen LogP contribution is -2.03. The number of nitrogens with zero attached hydrogens (tertiary/aromatic N) is 2. The lowest BCUT2D eigenvalue weighted by atomic mass is 10.2. The third-order valence-corrected chi connectivity index (χ3v) is 4.04. The number of pyridine rings is 1. The van der Waals surface area contributed by atoms with E-state index < -0.39 is 9.84 Å². The molecule has 0 fully saturated rings. The standard InChI is InChI=1S/C15H15N3O2S/c1-11-7-13(9-16)8-15(18-11)17-10-12-3-5-14(6-4-12)21(2,19)20/h3-8H,10H2,1-2H3,(H,17,18). The number of benzene rings is 1. The maximum Gasteiger partial charge on any atom is 0.175 e. The summed E-state index contributed by atoms with van der Waals surface area (Å²) in [7, 11) is -3.17. The minimum atomic E-state index is -3.17. The van der Waals surface area contributed by atoms with Crippen molar-refractivity contribution in [1.29, 1.82) is 5.26 Å². The van der Waals surface area contributed by atoms with Gasteiger partial charge in [-0.3, -0.25) is 0 Å². The number of nitriles is 1. The summed E-state index contributed by atoms with van der Waals surface area (Å²) >= 11 is 0. The molecule has 1 heterocycles. The van der Waals surface area contributed by atoms with Gasteiger partial charge in [0.1, 0.15) is 5.82 Å². The van der Waals surface area contributed by atoms with Gasteiger partial charge in [-0.1, -0.05) is 12.1 Å². The van der Waals surface area contributed by atoms with Crippen LogP contribution in [0.5, 0.6) is 0 Å². The highest BCUT2D eigenvalue weighted by Crippen LogP contribution is 2.13. The summed E-state index contributed by atoms with van der Waals surface area (Å²) in [5.74, 6) is 0.624. The summed E-state index contributed by atoms with van der Waals surface area (Å²) in [6, 6.07) is 12.1. The van der Waals surface area contributed by atoms with Gasteiger partial charge in [0.05, 0.1) is 16.5 Å². The highest BCUT2D eigenvalue weighted by atomic mass is 32.2. The number of hydrogen-bond acceptors (Lipinski definition) is 5. The number of sulfone groups is 1. The van der Waals surface area contributed by atoms with E-state index in [1.165, 1.54) is 6.26 Å². The lowest BCUT2D eigenvalue weighted by Gasteiger charge is -2.07. The van der Waals surface area contributed by atoms with Crippen LogP contribution in [0.3, 0.4) is 0 Å². The monoisotopic (exact) mass is 301 g/mol. The van der Waals surface area contributed by atoms with Gasteiger partial charge in [0.15, 0.2) is 9.84 Å². The van der Waals surface area contributed by atoms with E-state index in [9.17, 15) is 8.42 Å². The Bertz CT molecular complexity index is 791. The fraction of sp³-hybridized carbons (Fsp3) is 0.200. The van der Waals surface area contributed by atoms with Crippen molar-refractivity contribution in [2.45, 2.75) is 18.4 Å². The Kier molecular flexibility index (Phi) is 4.24. The van der Waals surface area contributed by atoms with Crippen LogP contribution in [0, 0.1) is 18.3 Å². The zero-order chi connectivity index (χ0) is 15.5. The van der Waals surface area contributed by atoms with E-state index in [1.807, 2.05) is 6.92 Å². The van der Waals surface area contributed by atoms with Gasteiger partial charge in [-0.05, 0) is 36.8 Å². The molecule has 1 aromatic heterocycles.